The summed E-state index contributed by atoms with van der Waals surface area (Å²) in [4.78, 5) is 38.4. The van der Waals surface area contributed by atoms with Crippen LogP contribution < -0.4 is 0 Å². The van der Waals surface area contributed by atoms with Gasteiger partial charge in [-0.05, 0) is 93.3 Å². The number of likely N-dealkylation sites (tertiary alicyclic amines) is 1. The van der Waals surface area contributed by atoms with Crippen LogP contribution in [-0.4, -0.2) is 63.7 Å². The summed E-state index contributed by atoms with van der Waals surface area (Å²) in [5, 5.41) is 1.11. The fraction of sp³-hybridized carbons (Fsp3) is 0.516. The molecule has 0 spiro atoms. The molecule has 1 N–H and O–H groups in total. The van der Waals surface area contributed by atoms with Crippen molar-refractivity contribution in [3.8, 4) is 11.1 Å². The molecule has 2 unspecified atom stereocenters. The van der Waals surface area contributed by atoms with Gasteiger partial charge < -0.3 is 24.3 Å². The van der Waals surface area contributed by atoms with E-state index in [2.05, 4.69) is 35.1 Å². The average Bonchev–Trinajstić information content (AvgIpc) is 3.68. The van der Waals surface area contributed by atoms with Crippen molar-refractivity contribution in [3.05, 3.63) is 52.8 Å². The second-order valence-corrected chi connectivity index (χ2v) is 12.2. The van der Waals surface area contributed by atoms with Crippen LogP contribution in [0, 0.1) is 12.8 Å². The fourth-order valence-electron chi connectivity index (χ4n) is 6.26. The van der Waals surface area contributed by atoms with E-state index in [0.717, 1.165) is 59.0 Å². The molecule has 2 aromatic heterocycles. The van der Waals surface area contributed by atoms with Gasteiger partial charge in [0.25, 0.3) is 0 Å². The molecule has 3 aliphatic rings. The van der Waals surface area contributed by atoms with Crippen LogP contribution in [0.3, 0.4) is 0 Å². The maximum Gasteiger partial charge on any atom is 0.410 e. The summed E-state index contributed by atoms with van der Waals surface area (Å²) < 4.78 is 11.3. The van der Waals surface area contributed by atoms with Crippen molar-refractivity contribution in [1.29, 1.82) is 0 Å². The van der Waals surface area contributed by atoms with E-state index in [1.54, 1.807) is 0 Å². The third-order valence-electron chi connectivity index (χ3n) is 8.28. The molecule has 0 aliphatic carbocycles. The lowest BCUT2D eigenvalue weighted by molar-refractivity contribution is -0.136. The van der Waals surface area contributed by atoms with Crippen LogP contribution in [0.15, 0.2) is 30.6 Å². The number of nitrogens with zero attached hydrogens (tertiary/aromatic N) is 3. The molecule has 6 rings (SSSR count). The van der Waals surface area contributed by atoms with Crippen LogP contribution in [-0.2, 0) is 27.2 Å². The van der Waals surface area contributed by atoms with Gasteiger partial charge in [0.05, 0.1) is 18.6 Å². The Morgan fingerprint density at radius 1 is 1.13 bits per heavy atom. The van der Waals surface area contributed by atoms with Crippen molar-refractivity contribution in [2.24, 2.45) is 5.92 Å². The Kier molecular flexibility index (Phi) is 6.61. The molecule has 0 bridgehead atoms. The van der Waals surface area contributed by atoms with Gasteiger partial charge in [-0.25, -0.2) is 9.78 Å². The van der Waals surface area contributed by atoms with Crippen LogP contribution in [0.2, 0.25) is 0 Å². The van der Waals surface area contributed by atoms with Crippen LogP contribution in [0.1, 0.15) is 68.3 Å². The Labute approximate surface area is 229 Å². The molecule has 206 valence electrons. The molecule has 2 fully saturated rings. The number of pyridine rings is 1. The van der Waals surface area contributed by atoms with E-state index in [1.807, 2.05) is 43.0 Å². The first-order valence-corrected chi connectivity index (χ1v) is 14.1. The number of benzene rings is 1. The fourth-order valence-corrected chi connectivity index (χ4v) is 6.26. The van der Waals surface area contributed by atoms with Gasteiger partial charge in [0, 0.05) is 49.6 Å². The van der Waals surface area contributed by atoms with Crippen molar-refractivity contribution in [1.82, 2.24) is 19.8 Å². The minimum Gasteiger partial charge on any atom is -0.444 e. The van der Waals surface area contributed by atoms with Crippen molar-refractivity contribution in [2.45, 2.75) is 71.6 Å². The van der Waals surface area contributed by atoms with Gasteiger partial charge in [-0.1, -0.05) is 6.07 Å². The predicted molar refractivity (Wildman–Crippen MR) is 149 cm³/mol. The van der Waals surface area contributed by atoms with Crippen molar-refractivity contribution in [3.63, 3.8) is 0 Å². The smallest absolute Gasteiger partial charge is 0.410 e. The number of carbonyl (C=O) groups is 2. The zero-order valence-corrected chi connectivity index (χ0v) is 23.4. The van der Waals surface area contributed by atoms with Gasteiger partial charge in [0.15, 0.2) is 0 Å². The summed E-state index contributed by atoms with van der Waals surface area (Å²) >= 11 is 0. The third-order valence-corrected chi connectivity index (χ3v) is 8.28. The lowest BCUT2D eigenvalue weighted by atomic mass is 9.86. The molecule has 8 heteroatoms. The molecule has 3 aromatic rings. The Hall–Kier alpha value is -3.39. The summed E-state index contributed by atoms with van der Waals surface area (Å²) in [7, 11) is 0. The zero-order chi connectivity index (χ0) is 27.3. The van der Waals surface area contributed by atoms with E-state index in [4.69, 9.17) is 9.47 Å². The predicted octanol–water partition coefficient (Wildman–Crippen LogP) is 5.53. The maximum atomic E-state index is 13.3. The quantitative estimate of drug-likeness (QED) is 0.481. The van der Waals surface area contributed by atoms with Crippen LogP contribution >= 0.6 is 0 Å². The SMILES string of the molecule is Cc1c[nH]c2ncc(-c3cc4c(c(C5CCCN5C(=O)OC(C)(C)C)c3)CN(C(=O)C3CCOC3)CC4)cc12. The highest BCUT2D eigenvalue weighted by molar-refractivity contribution is 5.85. The summed E-state index contributed by atoms with van der Waals surface area (Å²) in [6.07, 6.45) is 6.99. The summed E-state index contributed by atoms with van der Waals surface area (Å²) in [6.45, 7) is 10.9. The first-order valence-electron chi connectivity index (χ1n) is 14.1. The number of nitrogens with one attached hydrogen (secondary N) is 1. The molecule has 0 radical (unpaired) electrons. The first kappa shape index (κ1) is 25.9. The molecule has 5 heterocycles. The lowest BCUT2D eigenvalue weighted by Gasteiger charge is -2.35. The molecule has 8 nitrogen and oxygen atoms in total. The number of aromatic nitrogens is 2. The Morgan fingerprint density at radius 3 is 2.74 bits per heavy atom. The minimum atomic E-state index is -0.562. The van der Waals surface area contributed by atoms with Crippen LogP contribution in [0.5, 0.6) is 0 Å². The highest BCUT2D eigenvalue weighted by Crippen LogP contribution is 2.40. The number of hydrogen-bond acceptors (Lipinski definition) is 5. The van der Waals surface area contributed by atoms with Gasteiger partial charge >= 0.3 is 6.09 Å². The number of aryl methyl sites for hydroxylation is 1. The Balaban J connectivity index is 1.41. The van der Waals surface area contributed by atoms with Gasteiger partial charge in [-0.2, -0.15) is 0 Å². The molecule has 39 heavy (non-hydrogen) atoms. The normalized spacial score (nSPS) is 21.4. The molecular weight excluding hydrogens is 492 g/mol. The molecule has 2 saturated heterocycles. The number of rotatable bonds is 3. The molecule has 1 aromatic carbocycles. The van der Waals surface area contributed by atoms with E-state index in [0.29, 0.717) is 32.8 Å². The van der Waals surface area contributed by atoms with Gasteiger partial charge in [0.1, 0.15) is 11.2 Å². The van der Waals surface area contributed by atoms with E-state index < -0.39 is 5.60 Å². The van der Waals surface area contributed by atoms with Crippen molar-refractivity contribution < 1.29 is 19.1 Å². The van der Waals surface area contributed by atoms with E-state index in [9.17, 15) is 9.59 Å². The van der Waals surface area contributed by atoms with Crippen LogP contribution in [0.4, 0.5) is 4.79 Å². The summed E-state index contributed by atoms with van der Waals surface area (Å²) in [5.41, 5.74) is 7.17. The van der Waals surface area contributed by atoms with E-state index in [-0.39, 0.29) is 24.0 Å². The van der Waals surface area contributed by atoms with Crippen molar-refractivity contribution in [2.75, 3.05) is 26.3 Å². The monoisotopic (exact) mass is 530 g/mol. The van der Waals surface area contributed by atoms with Gasteiger partial charge in [-0.3, -0.25) is 4.79 Å². The number of hydrogen-bond donors (Lipinski definition) is 1. The Morgan fingerprint density at radius 2 is 1.97 bits per heavy atom. The first-order chi connectivity index (χ1) is 18.7. The van der Waals surface area contributed by atoms with E-state index in [1.165, 1.54) is 11.1 Å². The van der Waals surface area contributed by atoms with Gasteiger partial charge in [0.2, 0.25) is 5.91 Å². The number of H-pyrrole nitrogens is 1. The van der Waals surface area contributed by atoms with Gasteiger partial charge in [-0.15, -0.1) is 0 Å². The molecule has 3 aliphatic heterocycles. The second kappa shape index (κ2) is 9.97. The molecular formula is C31H38N4O4. The molecule has 2 amide bonds. The molecule has 0 saturated carbocycles. The molecule has 2 atom stereocenters. The Bertz CT molecular complexity index is 1420. The second-order valence-electron chi connectivity index (χ2n) is 12.2. The topological polar surface area (TPSA) is 87.8 Å². The number of amides is 2. The summed E-state index contributed by atoms with van der Waals surface area (Å²) in [6, 6.07) is 6.59. The van der Waals surface area contributed by atoms with Crippen molar-refractivity contribution >= 4 is 23.0 Å². The highest BCUT2D eigenvalue weighted by atomic mass is 16.6. The highest BCUT2D eigenvalue weighted by Gasteiger charge is 2.37. The standard InChI is InChI=1S/C31H38N4O4/c1-19-15-32-28-24(19)14-23(16-33-28)22-12-20-7-10-34(29(36)21-8-11-38-18-21)17-26(20)25(13-22)27-6-5-9-35(27)30(37)39-31(2,3)4/h12-16,21,27H,5-11,17-18H2,1-4H3,(H,32,33). The maximum absolute atomic E-state index is 13.3. The largest absolute Gasteiger partial charge is 0.444 e. The van der Waals surface area contributed by atoms with Crippen LogP contribution in [0.25, 0.3) is 22.2 Å². The number of ether oxygens (including phenoxy) is 2. The average molecular weight is 531 g/mol. The lowest BCUT2D eigenvalue weighted by Crippen LogP contribution is -2.41. The minimum absolute atomic E-state index is 0.0543. The van der Waals surface area contributed by atoms with E-state index >= 15 is 0 Å². The third kappa shape index (κ3) is 5.02. The zero-order valence-electron chi connectivity index (χ0n) is 23.4. The number of fused-ring (bicyclic) bond motifs is 2. The number of carbonyl (C=O) groups excluding carboxylic acids is 2. The number of aromatic amines is 1. The summed E-state index contributed by atoms with van der Waals surface area (Å²) in [5.74, 6) is 0.127.